The van der Waals surface area contributed by atoms with Crippen molar-refractivity contribution < 1.29 is 18.7 Å². The lowest BCUT2D eigenvalue weighted by atomic mass is 10.1. The van der Waals surface area contributed by atoms with Gasteiger partial charge in [-0.05, 0) is 54.6 Å². The number of ether oxygens (including phenoxy) is 2. The van der Waals surface area contributed by atoms with Crippen LogP contribution in [0.15, 0.2) is 75.9 Å². The van der Waals surface area contributed by atoms with Gasteiger partial charge in [-0.1, -0.05) is 23.2 Å². The Morgan fingerprint density at radius 3 is 2.53 bits per heavy atom. The predicted octanol–water partition coefficient (Wildman–Crippen LogP) is 5.79. The number of anilines is 1. The maximum Gasteiger partial charge on any atom is 0.262 e. The standard InChI is InChI=1S/C24H17Cl2NO5/c1-30-17-7-9-21-18(11-17)20(28)12-22(32-21)14-2-5-16(6-3-14)27-24(29)13-31-23-10-15(25)4-8-19(23)26/h2-12H,13H2,1H3,(H,27,29). The number of carbonyl (C=O) groups is 1. The summed E-state index contributed by atoms with van der Waals surface area (Å²) in [6, 6.07) is 18.2. The van der Waals surface area contributed by atoms with Crippen LogP contribution < -0.4 is 20.2 Å². The molecule has 1 amide bonds. The van der Waals surface area contributed by atoms with Gasteiger partial charge in [-0.3, -0.25) is 9.59 Å². The van der Waals surface area contributed by atoms with Crippen molar-refractivity contribution in [2.24, 2.45) is 0 Å². The lowest BCUT2D eigenvalue weighted by Crippen LogP contribution is -2.20. The molecule has 1 N–H and O–H groups in total. The highest BCUT2D eigenvalue weighted by atomic mass is 35.5. The van der Waals surface area contributed by atoms with E-state index in [2.05, 4.69) is 5.32 Å². The van der Waals surface area contributed by atoms with E-state index < -0.39 is 0 Å². The minimum absolute atomic E-state index is 0.172. The van der Waals surface area contributed by atoms with Crippen molar-refractivity contribution in [3.63, 3.8) is 0 Å². The zero-order chi connectivity index (χ0) is 22.7. The fourth-order valence-electron chi connectivity index (χ4n) is 3.05. The van der Waals surface area contributed by atoms with Gasteiger partial charge in [-0.25, -0.2) is 0 Å². The summed E-state index contributed by atoms with van der Waals surface area (Å²) in [7, 11) is 1.54. The molecule has 0 radical (unpaired) electrons. The summed E-state index contributed by atoms with van der Waals surface area (Å²) in [5.74, 6) is 0.970. The van der Waals surface area contributed by atoms with Crippen molar-refractivity contribution in [3.05, 3.63) is 87.0 Å². The molecule has 1 aromatic heterocycles. The monoisotopic (exact) mass is 469 g/mol. The van der Waals surface area contributed by atoms with Gasteiger partial charge in [0.2, 0.25) is 0 Å². The van der Waals surface area contributed by atoms with Crippen molar-refractivity contribution in [3.8, 4) is 22.8 Å². The zero-order valence-electron chi connectivity index (χ0n) is 16.9. The van der Waals surface area contributed by atoms with Gasteiger partial charge < -0.3 is 19.2 Å². The lowest BCUT2D eigenvalue weighted by molar-refractivity contribution is -0.118. The van der Waals surface area contributed by atoms with Gasteiger partial charge in [0, 0.05) is 28.4 Å². The Bertz CT molecular complexity index is 1350. The summed E-state index contributed by atoms with van der Waals surface area (Å²) in [5.41, 5.74) is 1.55. The van der Waals surface area contributed by atoms with Crippen molar-refractivity contribution in [2.75, 3.05) is 19.0 Å². The van der Waals surface area contributed by atoms with Gasteiger partial charge in [0.1, 0.15) is 22.8 Å². The average molecular weight is 470 g/mol. The first-order valence-corrected chi connectivity index (χ1v) is 10.3. The topological polar surface area (TPSA) is 77.8 Å². The number of hydrogen-bond acceptors (Lipinski definition) is 5. The molecule has 0 saturated carbocycles. The van der Waals surface area contributed by atoms with Crippen LogP contribution in [0.1, 0.15) is 0 Å². The quantitative estimate of drug-likeness (QED) is 0.386. The van der Waals surface area contributed by atoms with E-state index in [9.17, 15) is 9.59 Å². The maximum absolute atomic E-state index is 12.5. The molecule has 32 heavy (non-hydrogen) atoms. The normalized spacial score (nSPS) is 10.7. The molecule has 4 rings (SSSR count). The van der Waals surface area contributed by atoms with Gasteiger partial charge in [0.15, 0.2) is 12.0 Å². The lowest BCUT2D eigenvalue weighted by Gasteiger charge is -2.10. The van der Waals surface area contributed by atoms with Crippen molar-refractivity contribution >= 4 is 45.8 Å². The van der Waals surface area contributed by atoms with E-state index in [0.29, 0.717) is 49.5 Å². The number of methoxy groups -OCH3 is 1. The van der Waals surface area contributed by atoms with Gasteiger partial charge in [-0.2, -0.15) is 0 Å². The summed E-state index contributed by atoms with van der Waals surface area (Å²) in [6.45, 7) is -0.231. The molecule has 1 heterocycles. The molecule has 0 aliphatic carbocycles. The molecule has 0 atom stereocenters. The van der Waals surface area contributed by atoms with Gasteiger partial charge in [0.25, 0.3) is 5.91 Å². The molecule has 0 unspecified atom stereocenters. The van der Waals surface area contributed by atoms with Crippen LogP contribution in [0.2, 0.25) is 10.0 Å². The fourth-order valence-corrected chi connectivity index (χ4v) is 3.38. The molecule has 0 bridgehead atoms. The Hall–Kier alpha value is -3.48. The number of fused-ring (bicyclic) bond motifs is 1. The van der Waals surface area contributed by atoms with Crippen molar-refractivity contribution in [1.29, 1.82) is 0 Å². The molecular weight excluding hydrogens is 453 g/mol. The maximum atomic E-state index is 12.5. The van der Waals surface area contributed by atoms with Crippen LogP contribution in [0, 0.1) is 0 Å². The van der Waals surface area contributed by atoms with Crippen molar-refractivity contribution in [2.45, 2.75) is 0 Å². The molecule has 0 fully saturated rings. The summed E-state index contributed by atoms with van der Waals surface area (Å²) >= 11 is 11.9. The Kier molecular flexibility index (Phi) is 6.35. The van der Waals surface area contributed by atoms with E-state index in [1.807, 2.05) is 0 Å². The number of nitrogens with one attached hydrogen (secondary N) is 1. The molecule has 0 spiro atoms. The third-order valence-electron chi connectivity index (χ3n) is 4.64. The van der Waals surface area contributed by atoms with E-state index in [4.69, 9.17) is 37.1 Å². The average Bonchev–Trinajstić information content (AvgIpc) is 2.80. The first-order chi connectivity index (χ1) is 15.4. The molecule has 0 saturated heterocycles. The molecule has 8 heteroatoms. The van der Waals surface area contributed by atoms with Gasteiger partial charge in [0.05, 0.1) is 17.5 Å². The molecular formula is C24H17Cl2NO5. The largest absolute Gasteiger partial charge is 0.497 e. The Labute approximate surface area is 193 Å². The summed E-state index contributed by atoms with van der Waals surface area (Å²) < 4.78 is 16.5. The molecule has 6 nitrogen and oxygen atoms in total. The highest BCUT2D eigenvalue weighted by molar-refractivity contribution is 6.34. The fraction of sp³-hybridized carbons (Fsp3) is 0.0833. The predicted molar refractivity (Wildman–Crippen MR) is 125 cm³/mol. The number of amides is 1. The molecule has 0 aliphatic heterocycles. The third kappa shape index (κ3) is 4.88. The van der Waals surface area contributed by atoms with Gasteiger partial charge in [-0.15, -0.1) is 0 Å². The van der Waals surface area contributed by atoms with Crippen molar-refractivity contribution in [1.82, 2.24) is 0 Å². The van der Waals surface area contributed by atoms with Crippen LogP contribution in [0.5, 0.6) is 11.5 Å². The minimum Gasteiger partial charge on any atom is -0.497 e. The van der Waals surface area contributed by atoms with Crippen LogP contribution in [-0.2, 0) is 4.79 Å². The van der Waals surface area contributed by atoms with Crippen LogP contribution in [-0.4, -0.2) is 19.6 Å². The Morgan fingerprint density at radius 2 is 1.78 bits per heavy atom. The minimum atomic E-state index is -0.361. The second kappa shape index (κ2) is 9.34. The number of rotatable bonds is 6. The SMILES string of the molecule is COc1ccc2oc(-c3ccc(NC(=O)COc4cc(Cl)ccc4Cl)cc3)cc(=O)c2c1. The smallest absolute Gasteiger partial charge is 0.262 e. The molecule has 4 aromatic rings. The van der Waals surface area contributed by atoms with Crippen LogP contribution in [0.4, 0.5) is 5.69 Å². The number of halogens is 2. The van der Waals surface area contributed by atoms with Gasteiger partial charge >= 0.3 is 0 Å². The number of benzene rings is 3. The van der Waals surface area contributed by atoms with E-state index >= 15 is 0 Å². The molecule has 3 aromatic carbocycles. The van der Waals surface area contributed by atoms with Crippen LogP contribution in [0.25, 0.3) is 22.3 Å². The second-order valence-corrected chi connectivity index (χ2v) is 7.67. The first kappa shape index (κ1) is 21.7. The third-order valence-corrected chi connectivity index (χ3v) is 5.19. The number of carbonyl (C=O) groups excluding carboxylic acids is 1. The summed E-state index contributed by atoms with van der Waals surface area (Å²) in [4.78, 5) is 24.7. The highest BCUT2D eigenvalue weighted by Crippen LogP contribution is 2.28. The highest BCUT2D eigenvalue weighted by Gasteiger charge is 2.10. The van der Waals surface area contributed by atoms with E-state index in [1.165, 1.54) is 13.2 Å². The van der Waals surface area contributed by atoms with E-state index in [-0.39, 0.29) is 17.9 Å². The molecule has 162 valence electrons. The first-order valence-electron chi connectivity index (χ1n) is 9.53. The second-order valence-electron chi connectivity index (χ2n) is 6.83. The molecule has 0 aliphatic rings. The Balaban J connectivity index is 1.45. The summed E-state index contributed by atoms with van der Waals surface area (Å²) in [6.07, 6.45) is 0. The van der Waals surface area contributed by atoms with Crippen LogP contribution in [0.3, 0.4) is 0 Å². The van der Waals surface area contributed by atoms with Crippen LogP contribution >= 0.6 is 23.2 Å². The Morgan fingerprint density at radius 1 is 1.00 bits per heavy atom. The van der Waals surface area contributed by atoms with E-state index in [1.54, 1.807) is 60.7 Å². The zero-order valence-corrected chi connectivity index (χ0v) is 18.4. The summed E-state index contributed by atoms with van der Waals surface area (Å²) in [5, 5.41) is 3.99. The van der Waals surface area contributed by atoms with E-state index in [0.717, 1.165) is 0 Å². The number of hydrogen-bond donors (Lipinski definition) is 1.